The normalized spacial score (nSPS) is 14.6. The van der Waals surface area contributed by atoms with Crippen LogP contribution >= 0.6 is 11.3 Å². The lowest BCUT2D eigenvalue weighted by Crippen LogP contribution is -2.17. The smallest absolute Gasteiger partial charge is 0.0468 e. The number of hydrogen-bond donors (Lipinski definition) is 0. The van der Waals surface area contributed by atoms with Crippen LogP contribution in [0.1, 0.15) is 49.9 Å². The van der Waals surface area contributed by atoms with E-state index in [9.17, 15) is 0 Å². The van der Waals surface area contributed by atoms with E-state index in [1.807, 2.05) is 11.3 Å². The molecule has 0 spiro atoms. The molecule has 0 atom stereocenters. The molecule has 0 fully saturated rings. The van der Waals surface area contributed by atoms with E-state index < -0.39 is 0 Å². The minimum Gasteiger partial charge on any atom is -0.310 e. The molecule has 9 aromatic rings. The van der Waals surface area contributed by atoms with Crippen molar-refractivity contribution in [3.8, 4) is 33.4 Å². The van der Waals surface area contributed by atoms with Gasteiger partial charge in [0.15, 0.2) is 0 Å². The van der Waals surface area contributed by atoms with Crippen molar-refractivity contribution in [1.29, 1.82) is 0 Å². The Morgan fingerprint density at radius 2 is 0.944 bits per heavy atom. The van der Waals surface area contributed by atoms with Gasteiger partial charge in [-0.25, -0.2) is 0 Å². The zero-order chi connectivity index (χ0) is 36.3. The Morgan fingerprint density at radius 3 is 1.74 bits per heavy atom. The molecule has 8 aromatic carbocycles. The van der Waals surface area contributed by atoms with Crippen LogP contribution < -0.4 is 4.90 Å². The van der Waals surface area contributed by atoms with Crippen molar-refractivity contribution in [1.82, 2.24) is 0 Å². The van der Waals surface area contributed by atoms with Gasteiger partial charge in [-0.2, -0.15) is 0 Å². The van der Waals surface area contributed by atoms with Gasteiger partial charge in [0.25, 0.3) is 0 Å². The lowest BCUT2D eigenvalue weighted by atomic mass is 9.82. The Balaban J connectivity index is 1.07. The first kappa shape index (κ1) is 31.6. The summed E-state index contributed by atoms with van der Waals surface area (Å²) in [5.41, 5.74) is 16.7. The molecular weight excluding hydrogens is 671 g/mol. The molecule has 1 nitrogen and oxygen atoms in total. The van der Waals surface area contributed by atoms with E-state index >= 15 is 0 Å². The van der Waals surface area contributed by atoms with Crippen LogP contribution in [0.5, 0.6) is 0 Å². The van der Waals surface area contributed by atoms with Crippen molar-refractivity contribution in [2.45, 2.75) is 38.5 Å². The third kappa shape index (κ3) is 4.38. The minimum absolute atomic E-state index is 0.0420. The number of fused-ring (bicyclic) bond motifs is 11. The number of anilines is 3. The lowest BCUT2D eigenvalue weighted by molar-refractivity contribution is 0.660. The number of thiophene rings is 1. The first-order chi connectivity index (χ1) is 26.3. The highest BCUT2D eigenvalue weighted by Gasteiger charge is 2.37. The Morgan fingerprint density at radius 1 is 0.370 bits per heavy atom. The maximum Gasteiger partial charge on any atom is 0.0468 e. The topological polar surface area (TPSA) is 3.24 Å². The van der Waals surface area contributed by atoms with E-state index in [-0.39, 0.29) is 10.8 Å². The summed E-state index contributed by atoms with van der Waals surface area (Å²) in [6, 6.07) is 61.5. The standard InChI is InChI=1S/C52H39NS/c1-51(2)45-18-9-6-13-39(45)43-30-34(25-28-46(43)51)53(35-24-26-40-38-12-5-8-17-44(38)52(3,4)47(40)31-35)33-22-20-32(21-23-33)36-15-11-16-41-37(36)27-29-49-50(41)42-14-7-10-19-48(42)54-49/h5-31H,1-4H3. The van der Waals surface area contributed by atoms with Crippen LogP contribution in [0.3, 0.4) is 0 Å². The highest BCUT2D eigenvalue weighted by molar-refractivity contribution is 7.26. The van der Waals surface area contributed by atoms with Gasteiger partial charge in [0, 0.05) is 48.1 Å². The molecule has 0 amide bonds. The molecule has 258 valence electrons. The Kier molecular flexibility index (Phi) is 6.59. The molecule has 54 heavy (non-hydrogen) atoms. The average molecular weight is 710 g/mol. The largest absolute Gasteiger partial charge is 0.310 e. The van der Waals surface area contributed by atoms with Gasteiger partial charge < -0.3 is 4.90 Å². The van der Waals surface area contributed by atoms with Gasteiger partial charge in [-0.05, 0) is 115 Å². The highest BCUT2D eigenvalue weighted by atomic mass is 32.1. The summed E-state index contributed by atoms with van der Waals surface area (Å²) in [7, 11) is 0. The van der Waals surface area contributed by atoms with Crippen LogP contribution in [0.4, 0.5) is 17.1 Å². The quantitative estimate of drug-likeness (QED) is 0.176. The lowest BCUT2D eigenvalue weighted by Gasteiger charge is -2.29. The second-order valence-electron chi connectivity index (χ2n) is 16.1. The molecule has 0 N–H and O–H groups in total. The van der Waals surface area contributed by atoms with Gasteiger partial charge >= 0.3 is 0 Å². The van der Waals surface area contributed by atoms with Crippen LogP contribution in [0, 0.1) is 0 Å². The Hall–Kier alpha value is -5.96. The zero-order valence-corrected chi connectivity index (χ0v) is 31.8. The van der Waals surface area contributed by atoms with Gasteiger partial charge in [0.1, 0.15) is 0 Å². The maximum atomic E-state index is 2.46. The summed E-state index contributed by atoms with van der Waals surface area (Å²) in [5.74, 6) is 0. The van der Waals surface area contributed by atoms with E-state index in [0.717, 1.165) is 5.69 Å². The molecule has 2 aliphatic rings. The predicted molar refractivity (Wildman–Crippen MR) is 232 cm³/mol. The SMILES string of the molecule is CC1(C)c2ccccc2-c2cc(N(c3ccc(-c4cccc5c4ccc4sc6ccccc6c45)cc3)c3ccc4c(c3)C(C)(C)c3ccccc3-4)ccc21. The monoisotopic (exact) mass is 709 g/mol. The molecule has 1 heterocycles. The molecule has 2 heteroatoms. The maximum absolute atomic E-state index is 2.46. The second kappa shape index (κ2) is 11.3. The predicted octanol–water partition coefficient (Wildman–Crippen LogP) is 15.0. The van der Waals surface area contributed by atoms with Gasteiger partial charge in [-0.15, -0.1) is 11.3 Å². The Labute approximate surface area is 320 Å². The summed E-state index contributed by atoms with van der Waals surface area (Å²) in [6.07, 6.45) is 0. The first-order valence-corrected chi connectivity index (χ1v) is 19.8. The summed E-state index contributed by atoms with van der Waals surface area (Å²) in [5, 5.41) is 5.31. The number of rotatable bonds is 4. The van der Waals surface area contributed by atoms with Crippen molar-refractivity contribution < 1.29 is 0 Å². The van der Waals surface area contributed by atoms with Crippen molar-refractivity contribution in [2.75, 3.05) is 4.90 Å². The molecule has 0 unspecified atom stereocenters. The fraction of sp³-hybridized carbons (Fsp3) is 0.115. The molecule has 2 aliphatic carbocycles. The van der Waals surface area contributed by atoms with Crippen molar-refractivity contribution in [2.24, 2.45) is 0 Å². The van der Waals surface area contributed by atoms with Crippen LogP contribution in [0.25, 0.3) is 64.3 Å². The van der Waals surface area contributed by atoms with E-state index in [4.69, 9.17) is 0 Å². The zero-order valence-electron chi connectivity index (χ0n) is 30.9. The number of benzene rings is 8. The highest BCUT2D eigenvalue weighted by Crippen LogP contribution is 2.53. The third-order valence-electron chi connectivity index (χ3n) is 12.5. The number of hydrogen-bond acceptors (Lipinski definition) is 2. The summed E-state index contributed by atoms with van der Waals surface area (Å²) in [6.45, 7) is 9.44. The van der Waals surface area contributed by atoms with E-state index in [2.05, 4.69) is 196 Å². The van der Waals surface area contributed by atoms with Crippen LogP contribution in [0.2, 0.25) is 0 Å². The molecule has 0 saturated heterocycles. The summed E-state index contributed by atoms with van der Waals surface area (Å²) >= 11 is 1.88. The second-order valence-corrected chi connectivity index (χ2v) is 17.2. The summed E-state index contributed by atoms with van der Waals surface area (Å²) < 4.78 is 2.68. The minimum atomic E-state index is -0.0913. The Bertz CT molecular complexity index is 3000. The van der Waals surface area contributed by atoms with Gasteiger partial charge in [-0.3, -0.25) is 0 Å². The van der Waals surface area contributed by atoms with Gasteiger partial charge in [-0.1, -0.05) is 143 Å². The van der Waals surface area contributed by atoms with Gasteiger partial charge in [0.05, 0.1) is 0 Å². The fourth-order valence-electron chi connectivity index (χ4n) is 9.75. The molecule has 0 bridgehead atoms. The first-order valence-electron chi connectivity index (χ1n) is 19.0. The van der Waals surface area contributed by atoms with Crippen LogP contribution in [-0.4, -0.2) is 0 Å². The van der Waals surface area contributed by atoms with E-state index in [1.54, 1.807) is 0 Å². The van der Waals surface area contributed by atoms with Gasteiger partial charge in [0.2, 0.25) is 0 Å². The molecule has 1 aromatic heterocycles. The molecular formula is C52H39NS. The fourth-order valence-corrected chi connectivity index (χ4v) is 10.9. The van der Waals surface area contributed by atoms with E-state index in [1.165, 1.54) is 98.0 Å². The summed E-state index contributed by atoms with van der Waals surface area (Å²) in [4.78, 5) is 2.46. The van der Waals surface area contributed by atoms with Crippen molar-refractivity contribution >= 4 is 59.3 Å². The number of nitrogens with zero attached hydrogens (tertiary/aromatic N) is 1. The third-order valence-corrected chi connectivity index (χ3v) is 13.6. The average Bonchev–Trinajstić information content (AvgIpc) is 3.78. The van der Waals surface area contributed by atoms with Crippen LogP contribution in [0.15, 0.2) is 164 Å². The van der Waals surface area contributed by atoms with Crippen LogP contribution in [-0.2, 0) is 10.8 Å². The van der Waals surface area contributed by atoms with Crippen molar-refractivity contribution in [3.05, 3.63) is 186 Å². The molecule has 11 rings (SSSR count). The van der Waals surface area contributed by atoms with E-state index in [0.29, 0.717) is 0 Å². The molecule has 0 radical (unpaired) electrons. The molecule has 0 aliphatic heterocycles. The van der Waals surface area contributed by atoms with Crippen molar-refractivity contribution in [3.63, 3.8) is 0 Å². The molecule has 0 saturated carbocycles.